The molecule has 0 saturated carbocycles. The molecule has 1 atom stereocenters. The number of nitrogens with two attached hydrogens (primary N) is 1. The third kappa shape index (κ3) is 2.37. The highest BCUT2D eigenvalue weighted by atomic mass is 16.2. The van der Waals surface area contributed by atoms with Gasteiger partial charge < -0.3 is 11.1 Å². The van der Waals surface area contributed by atoms with Crippen molar-refractivity contribution in [2.75, 3.05) is 11.1 Å². The lowest BCUT2D eigenvalue weighted by Gasteiger charge is -2.14. The number of anilines is 2. The number of benzene rings is 1. The van der Waals surface area contributed by atoms with Crippen molar-refractivity contribution in [3.05, 3.63) is 23.8 Å². The minimum absolute atomic E-state index is 0.0490. The molecule has 3 N–H and O–H groups in total. The summed E-state index contributed by atoms with van der Waals surface area (Å²) < 4.78 is 0. The van der Waals surface area contributed by atoms with Gasteiger partial charge in [-0.25, -0.2) is 0 Å². The van der Waals surface area contributed by atoms with E-state index in [1.807, 2.05) is 13.8 Å². The van der Waals surface area contributed by atoms with Gasteiger partial charge in [-0.15, -0.1) is 0 Å². The molecule has 0 bridgehead atoms. The minimum atomic E-state index is -0.260. The summed E-state index contributed by atoms with van der Waals surface area (Å²) in [6.45, 7) is 4.09. The molecule has 0 aliphatic carbocycles. The summed E-state index contributed by atoms with van der Waals surface area (Å²) in [5.74, 6) is -0.00934. The molecule has 0 radical (unpaired) electrons. The molecule has 0 saturated heterocycles. The Morgan fingerprint density at radius 2 is 2.11 bits per heavy atom. The first-order valence-corrected chi connectivity index (χ1v) is 6.21. The lowest BCUT2D eigenvalue weighted by atomic mass is 9.91. The lowest BCUT2D eigenvalue weighted by Crippen LogP contribution is -2.23. The molecule has 1 amide bonds. The molecule has 1 aromatic rings. The number of fused-ring (bicyclic) bond motifs is 1. The SMILES string of the molecule is CC(C)C[C@@H]1CC(=O)c2c(N)cccc2NC1=O. The summed E-state index contributed by atoms with van der Waals surface area (Å²) in [5.41, 5.74) is 7.25. The summed E-state index contributed by atoms with van der Waals surface area (Å²) in [6, 6.07) is 5.15. The van der Waals surface area contributed by atoms with Crippen LogP contribution >= 0.6 is 0 Å². The van der Waals surface area contributed by atoms with Gasteiger partial charge in [-0.05, 0) is 24.5 Å². The van der Waals surface area contributed by atoms with Gasteiger partial charge in [-0.2, -0.15) is 0 Å². The van der Waals surface area contributed by atoms with Crippen LogP contribution in [0.2, 0.25) is 0 Å². The smallest absolute Gasteiger partial charge is 0.227 e. The molecule has 4 nitrogen and oxygen atoms in total. The predicted octanol–water partition coefficient (Wildman–Crippen LogP) is 2.46. The van der Waals surface area contributed by atoms with Crippen LogP contribution in [0.5, 0.6) is 0 Å². The predicted molar refractivity (Wildman–Crippen MR) is 71.4 cm³/mol. The lowest BCUT2D eigenvalue weighted by molar-refractivity contribution is -0.120. The van der Waals surface area contributed by atoms with Crippen molar-refractivity contribution in [1.82, 2.24) is 0 Å². The Morgan fingerprint density at radius 1 is 1.39 bits per heavy atom. The first-order valence-electron chi connectivity index (χ1n) is 6.21. The fourth-order valence-corrected chi connectivity index (χ4v) is 2.40. The maximum atomic E-state index is 12.2. The largest absolute Gasteiger partial charge is 0.398 e. The molecule has 4 heteroatoms. The van der Waals surface area contributed by atoms with E-state index in [1.165, 1.54) is 0 Å². The Balaban J connectivity index is 2.35. The third-order valence-corrected chi connectivity index (χ3v) is 3.19. The van der Waals surface area contributed by atoms with Crippen molar-refractivity contribution >= 4 is 23.1 Å². The molecule has 1 aliphatic heterocycles. The number of rotatable bonds is 2. The van der Waals surface area contributed by atoms with Crippen LogP contribution in [0.25, 0.3) is 0 Å². The number of Topliss-reactive ketones (excluding diaryl/α,β-unsaturated/α-hetero) is 1. The maximum Gasteiger partial charge on any atom is 0.227 e. The van der Waals surface area contributed by atoms with Crippen LogP contribution in [-0.2, 0) is 4.79 Å². The highest BCUT2D eigenvalue weighted by molar-refractivity contribution is 6.12. The molecule has 18 heavy (non-hydrogen) atoms. The van der Waals surface area contributed by atoms with Gasteiger partial charge in [0.2, 0.25) is 5.91 Å². The van der Waals surface area contributed by atoms with E-state index in [2.05, 4.69) is 5.32 Å². The Bertz CT molecular complexity index is 495. The van der Waals surface area contributed by atoms with Crippen molar-refractivity contribution in [1.29, 1.82) is 0 Å². The number of ketones is 1. The monoisotopic (exact) mass is 246 g/mol. The van der Waals surface area contributed by atoms with Gasteiger partial charge in [0.25, 0.3) is 0 Å². The zero-order chi connectivity index (χ0) is 13.3. The Hall–Kier alpha value is -1.84. The first-order chi connectivity index (χ1) is 8.49. The number of carbonyl (C=O) groups excluding carboxylic acids is 2. The molecular formula is C14H18N2O2. The molecule has 0 spiro atoms. The number of hydrogen-bond acceptors (Lipinski definition) is 3. The van der Waals surface area contributed by atoms with Crippen LogP contribution in [0.1, 0.15) is 37.0 Å². The average molecular weight is 246 g/mol. The standard InChI is InChI=1S/C14H18N2O2/c1-8(2)6-9-7-12(17)13-10(15)4-3-5-11(13)16-14(9)18/h3-5,8-9H,6-7,15H2,1-2H3,(H,16,18)/t9-/m1/s1. The van der Waals surface area contributed by atoms with Crippen LogP contribution in [0.3, 0.4) is 0 Å². The van der Waals surface area contributed by atoms with E-state index in [4.69, 9.17) is 5.73 Å². The van der Waals surface area contributed by atoms with E-state index in [9.17, 15) is 9.59 Å². The topological polar surface area (TPSA) is 72.2 Å². The number of nitrogens with one attached hydrogen (secondary N) is 1. The van der Waals surface area contributed by atoms with Gasteiger partial charge >= 0.3 is 0 Å². The molecule has 2 rings (SSSR count). The number of hydrogen-bond donors (Lipinski definition) is 2. The van der Waals surface area contributed by atoms with Crippen LogP contribution in [0.15, 0.2) is 18.2 Å². The van der Waals surface area contributed by atoms with Crippen molar-refractivity contribution < 1.29 is 9.59 Å². The van der Waals surface area contributed by atoms with Crippen LogP contribution in [0, 0.1) is 11.8 Å². The molecule has 1 heterocycles. The van der Waals surface area contributed by atoms with E-state index < -0.39 is 0 Å². The van der Waals surface area contributed by atoms with Gasteiger partial charge in [0, 0.05) is 18.0 Å². The summed E-state index contributed by atoms with van der Waals surface area (Å²) in [4.78, 5) is 24.3. The minimum Gasteiger partial charge on any atom is -0.398 e. The van der Waals surface area contributed by atoms with E-state index in [0.29, 0.717) is 29.3 Å². The summed E-state index contributed by atoms with van der Waals surface area (Å²) in [6.07, 6.45) is 0.955. The number of carbonyl (C=O) groups is 2. The van der Waals surface area contributed by atoms with Crippen LogP contribution in [-0.4, -0.2) is 11.7 Å². The van der Waals surface area contributed by atoms with E-state index in [0.717, 1.165) is 0 Å². The Labute approximate surface area is 107 Å². The van der Waals surface area contributed by atoms with Gasteiger partial charge in [0.1, 0.15) is 0 Å². The quantitative estimate of drug-likeness (QED) is 0.787. The zero-order valence-electron chi connectivity index (χ0n) is 10.7. The van der Waals surface area contributed by atoms with Crippen molar-refractivity contribution in [2.24, 2.45) is 11.8 Å². The van der Waals surface area contributed by atoms with E-state index in [-0.39, 0.29) is 24.0 Å². The molecule has 1 aromatic carbocycles. The fourth-order valence-electron chi connectivity index (χ4n) is 2.40. The molecular weight excluding hydrogens is 228 g/mol. The third-order valence-electron chi connectivity index (χ3n) is 3.19. The van der Waals surface area contributed by atoms with Crippen molar-refractivity contribution in [3.8, 4) is 0 Å². The van der Waals surface area contributed by atoms with E-state index in [1.54, 1.807) is 18.2 Å². The van der Waals surface area contributed by atoms with E-state index >= 15 is 0 Å². The second-order valence-corrected chi connectivity index (χ2v) is 5.21. The van der Waals surface area contributed by atoms with Gasteiger partial charge in [0.05, 0.1) is 11.3 Å². The normalized spacial score (nSPS) is 19.4. The second kappa shape index (κ2) is 4.80. The summed E-state index contributed by atoms with van der Waals surface area (Å²) in [5, 5.41) is 2.81. The highest BCUT2D eigenvalue weighted by Gasteiger charge is 2.30. The Kier molecular flexibility index (Phi) is 3.36. The van der Waals surface area contributed by atoms with Gasteiger partial charge in [-0.3, -0.25) is 9.59 Å². The van der Waals surface area contributed by atoms with Crippen LogP contribution in [0.4, 0.5) is 11.4 Å². The van der Waals surface area contributed by atoms with Crippen LogP contribution < -0.4 is 11.1 Å². The number of amides is 1. The zero-order valence-corrected chi connectivity index (χ0v) is 10.7. The second-order valence-electron chi connectivity index (χ2n) is 5.21. The summed E-state index contributed by atoms with van der Waals surface area (Å²) in [7, 11) is 0. The average Bonchev–Trinajstić information content (AvgIpc) is 2.37. The van der Waals surface area contributed by atoms with Gasteiger partial charge in [-0.1, -0.05) is 19.9 Å². The fraction of sp³-hybridized carbons (Fsp3) is 0.429. The first kappa shape index (κ1) is 12.6. The highest BCUT2D eigenvalue weighted by Crippen LogP contribution is 2.30. The van der Waals surface area contributed by atoms with Crippen molar-refractivity contribution in [3.63, 3.8) is 0 Å². The van der Waals surface area contributed by atoms with Crippen molar-refractivity contribution in [2.45, 2.75) is 26.7 Å². The van der Waals surface area contributed by atoms with Gasteiger partial charge in [0.15, 0.2) is 5.78 Å². The molecule has 96 valence electrons. The maximum absolute atomic E-state index is 12.2. The number of nitrogen functional groups attached to an aromatic ring is 1. The molecule has 0 aromatic heterocycles. The summed E-state index contributed by atoms with van der Waals surface area (Å²) >= 11 is 0. The molecule has 0 fully saturated rings. The molecule has 0 unspecified atom stereocenters. The Morgan fingerprint density at radius 3 is 2.78 bits per heavy atom. The molecule has 1 aliphatic rings.